The van der Waals surface area contributed by atoms with E-state index in [-0.39, 0.29) is 5.97 Å². The van der Waals surface area contributed by atoms with Gasteiger partial charge in [-0.3, -0.25) is 4.57 Å². The Morgan fingerprint density at radius 3 is 2.60 bits per heavy atom. The molecule has 20 heavy (non-hydrogen) atoms. The average Bonchev–Trinajstić information content (AvgIpc) is 2.98. The summed E-state index contributed by atoms with van der Waals surface area (Å²) in [7, 11) is 3.79. The Labute approximate surface area is 118 Å². The van der Waals surface area contributed by atoms with Crippen molar-refractivity contribution < 1.29 is 9.53 Å². The molecule has 0 N–H and O–H groups in total. The minimum atomic E-state index is -0.314. The van der Waals surface area contributed by atoms with Gasteiger partial charge in [0.05, 0.1) is 17.9 Å². The maximum Gasteiger partial charge on any atom is 0.340 e. The summed E-state index contributed by atoms with van der Waals surface area (Å²) in [5.41, 5.74) is 2.18. The van der Waals surface area contributed by atoms with Crippen molar-refractivity contribution in [3.8, 4) is 5.69 Å². The van der Waals surface area contributed by atoms with Crippen LogP contribution in [0.4, 0.5) is 5.69 Å². The summed E-state index contributed by atoms with van der Waals surface area (Å²) < 4.78 is 6.98. The van der Waals surface area contributed by atoms with E-state index < -0.39 is 0 Å². The van der Waals surface area contributed by atoms with E-state index in [1.807, 2.05) is 38.1 Å². The van der Waals surface area contributed by atoms with E-state index in [9.17, 15) is 4.79 Å². The van der Waals surface area contributed by atoms with Gasteiger partial charge in [0.2, 0.25) is 0 Å². The van der Waals surface area contributed by atoms with Crippen LogP contribution in [0.5, 0.6) is 0 Å². The van der Waals surface area contributed by atoms with Crippen LogP contribution in [0.3, 0.4) is 0 Å². The molecule has 0 saturated heterocycles. The molecule has 2 aromatic rings. The van der Waals surface area contributed by atoms with Crippen LogP contribution in [0.1, 0.15) is 23.7 Å². The standard InChI is InChI=1S/C14H18N4O2/c1-4-7-20-14(19)12-8-11(18-9-15-16-10-18)5-6-13(12)17(2)3/h5-6,8-10H,4,7H2,1-3H3. The summed E-state index contributed by atoms with van der Waals surface area (Å²) in [5, 5.41) is 7.53. The van der Waals surface area contributed by atoms with E-state index in [4.69, 9.17) is 4.74 Å². The predicted octanol–water partition coefficient (Wildman–Crippen LogP) is 1.90. The maximum atomic E-state index is 12.2. The second-order valence-corrected chi connectivity index (χ2v) is 4.60. The summed E-state index contributed by atoms with van der Waals surface area (Å²) >= 11 is 0. The Morgan fingerprint density at radius 1 is 1.30 bits per heavy atom. The molecular weight excluding hydrogens is 256 g/mol. The van der Waals surface area contributed by atoms with Gasteiger partial charge in [0, 0.05) is 19.8 Å². The van der Waals surface area contributed by atoms with Gasteiger partial charge in [0.1, 0.15) is 12.7 Å². The van der Waals surface area contributed by atoms with E-state index in [1.54, 1.807) is 23.3 Å². The van der Waals surface area contributed by atoms with Crippen LogP contribution >= 0.6 is 0 Å². The van der Waals surface area contributed by atoms with E-state index in [0.717, 1.165) is 17.8 Å². The van der Waals surface area contributed by atoms with Crippen LogP contribution in [0.25, 0.3) is 5.69 Å². The number of carbonyl (C=O) groups excluding carboxylic acids is 1. The molecule has 2 rings (SSSR count). The van der Waals surface area contributed by atoms with Gasteiger partial charge in [0.25, 0.3) is 0 Å². The number of aromatic nitrogens is 3. The van der Waals surface area contributed by atoms with Crippen molar-refractivity contribution in [2.45, 2.75) is 13.3 Å². The molecule has 0 saturated carbocycles. The average molecular weight is 274 g/mol. The molecule has 0 amide bonds. The molecule has 0 radical (unpaired) electrons. The van der Waals surface area contributed by atoms with Gasteiger partial charge >= 0.3 is 5.97 Å². The first-order chi connectivity index (χ1) is 9.63. The number of benzene rings is 1. The Balaban J connectivity index is 2.39. The second kappa shape index (κ2) is 6.18. The van der Waals surface area contributed by atoms with Gasteiger partial charge in [-0.05, 0) is 24.6 Å². The highest BCUT2D eigenvalue weighted by Gasteiger charge is 2.15. The molecule has 1 aromatic heterocycles. The third-order valence-electron chi connectivity index (χ3n) is 2.84. The lowest BCUT2D eigenvalue weighted by Crippen LogP contribution is -2.16. The normalized spacial score (nSPS) is 10.3. The van der Waals surface area contributed by atoms with Gasteiger partial charge in [-0.2, -0.15) is 0 Å². The zero-order valence-electron chi connectivity index (χ0n) is 11.9. The lowest BCUT2D eigenvalue weighted by molar-refractivity contribution is 0.0506. The quantitative estimate of drug-likeness (QED) is 0.779. The monoisotopic (exact) mass is 274 g/mol. The minimum Gasteiger partial charge on any atom is -0.462 e. The third-order valence-corrected chi connectivity index (χ3v) is 2.84. The van der Waals surface area contributed by atoms with Crippen LogP contribution < -0.4 is 4.90 Å². The molecule has 0 atom stereocenters. The molecular formula is C14H18N4O2. The molecule has 0 fully saturated rings. The highest BCUT2D eigenvalue weighted by molar-refractivity contribution is 5.96. The molecule has 6 heteroatoms. The Hall–Kier alpha value is -2.37. The number of hydrogen-bond acceptors (Lipinski definition) is 5. The predicted molar refractivity (Wildman–Crippen MR) is 76.3 cm³/mol. The molecule has 0 spiro atoms. The van der Waals surface area contributed by atoms with Crippen molar-refractivity contribution in [2.75, 3.05) is 25.6 Å². The zero-order valence-corrected chi connectivity index (χ0v) is 11.9. The van der Waals surface area contributed by atoms with Crippen LogP contribution in [-0.2, 0) is 4.74 Å². The van der Waals surface area contributed by atoms with Crippen LogP contribution in [-0.4, -0.2) is 41.4 Å². The molecule has 0 unspecified atom stereocenters. The van der Waals surface area contributed by atoms with Crippen LogP contribution in [0.2, 0.25) is 0 Å². The molecule has 6 nitrogen and oxygen atoms in total. The van der Waals surface area contributed by atoms with Gasteiger partial charge in [-0.1, -0.05) is 6.92 Å². The SMILES string of the molecule is CCCOC(=O)c1cc(-n2cnnc2)ccc1N(C)C. The number of anilines is 1. The van der Waals surface area contributed by atoms with Crippen molar-refractivity contribution in [3.63, 3.8) is 0 Å². The number of esters is 1. The topological polar surface area (TPSA) is 60.3 Å². The fourth-order valence-electron chi connectivity index (χ4n) is 1.84. The summed E-state index contributed by atoms with van der Waals surface area (Å²) in [6.45, 7) is 2.39. The highest BCUT2D eigenvalue weighted by Crippen LogP contribution is 2.23. The lowest BCUT2D eigenvalue weighted by atomic mass is 10.1. The van der Waals surface area contributed by atoms with E-state index in [0.29, 0.717) is 12.2 Å². The number of rotatable bonds is 5. The molecule has 1 aromatic carbocycles. The van der Waals surface area contributed by atoms with E-state index >= 15 is 0 Å². The third kappa shape index (κ3) is 2.96. The van der Waals surface area contributed by atoms with E-state index in [1.165, 1.54) is 0 Å². The highest BCUT2D eigenvalue weighted by atomic mass is 16.5. The number of hydrogen-bond donors (Lipinski definition) is 0. The molecule has 0 aliphatic rings. The number of ether oxygens (including phenoxy) is 1. The maximum absolute atomic E-state index is 12.2. The van der Waals surface area contributed by atoms with Crippen molar-refractivity contribution in [2.24, 2.45) is 0 Å². The fourth-order valence-corrected chi connectivity index (χ4v) is 1.84. The lowest BCUT2D eigenvalue weighted by Gasteiger charge is -2.17. The van der Waals surface area contributed by atoms with Crippen molar-refractivity contribution in [3.05, 3.63) is 36.4 Å². The molecule has 0 aliphatic heterocycles. The minimum absolute atomic E-state index is 0.314. The van der Waals surface area contributed by atoms with Gasteiger partial charge in [-0.25, -0.2) is 4.79 Å². The molecule has 1 heterocycles. The molecule has 0 aliphatic carbocycles. The smallest absolute Gasteiger partial charge is 0.340 e. The Bertz CT molecular complexity index is 579. The number of nitrogens with zero attached hydrogens (tertiary/aromatic N) is 4. The first kappa shape index (κ1) is 14.0. The van der Waals surface area contributed by atoms with Crippen LogP contribution in [0.15, 0.2) is 30.9 Å². The largest absolute Gasteiger partial charge is 0.462 e. The molecule has 0 bridgehead atoms. The first-order valence-corrected chi connectivity index (χ1v) is 6.47. The Kier molecular flexibility index (Phi) is 4.34. The summed E-state index contributed by atoms with van der Waals surface area (Å²) in [6, 6.07) is 5.59. The Morgan fingerprint density at radius 2 is 2.00 bits per heavy atom. The fraction of sp³-hybridized carbons (Fsp3) is 0.357. The second-order valence-electron chi connectivity index (χ2n) is 4.60. The van der Waals surface area contributed by atoms with Crippen molar-refractivity contribution in [1.29, 1.82) is 0 Å². The molecule has 106 valence electrons. The van der Waals surface area contributed by atoms with Crippen molar-refractivity contribution in [1.82, 2.24) is 14.8 Å². The number of carbonyl (C=O) groups is 1. The van der Waals surface area contributed by atoms with Crippen LogP contribution in [0, 0.1) is 0 Å². The van der Waals surface area contributed by atoms with Gasteiger partial charge < -0.3 is 9.64 Å². The first-order valence-electron chi connectivity index (χ1n) is 6.47. The van der Waals surface area contributed by atoms with E-state index in [2.05, 4.69) is 10.2 Å². The van der Waals surface area contributed by atoms with Gasteiger partial charge in [0.15, 0.2) is 0 Å². The zero-order chi connectivity index (χ0) is 14.5. The summed E-state index contributed by atoms with van der Waals surface area (Å²) in [5.74, 6) is -0.314. The van der Waals surface area contributed by atoms with Crippen molar-refractivity contribution >= 4 is 11.7 Å². The summed E-state index contributed by atoms with van der Waals surface area (Å²) in [4.78, 5) is 14.0. The summed E-state index contributed by atoms with van der Waals surface area (Å²) in [6.07, 6.45) is 3.98. The van der Waals surface area contributed by atoms with Gasteiger partial charge in [-0.15, -0.1) is 10.2 Å².